The molecule has 2 rings (SSSR count). The van der Waals surface area contributed by atoms with Crippen molar-refractivity contribution in [1.82, 2.24) is 4.98 Å². The summed E-state index contributed by atoms with van der Waals surface area (Å²) < 4.78 is 0. The lowest BCUT2D eigenvalue weighted by Gasteiger charge is -2.24. The second-order valence-electron chi connectivity index (χ2n) is 5.02. The molecule has 2 unspecified atom stereocenters. The van der Waals surface area contributed by atoms with Gasteiger partial charge < -0.3 is 26.0 Å². The molecule has 0 radical (unpaired) electrons. The van der Waals surface area contributed by atoms with Crippen LogP contribution in [-0.4, -0.2) is 43.9 Å². The molecule has 0 saturated carbocycles. The fourth-order valence-electron chi connectivity index (χ4n) is 2.28. The van der Waals surface area contributed by atoms with E-state index in [0.29, 0.717) is 5.56 Å². The standard InChI is InChI=1S/C14H16N2O5/c15-10(12(17)18)6-14(21,13(19)20)5-8-7-16-11-4-2-1-3-9(8)11/h1-4,7,10,16,21H,5-6,15H2,(H,17,18)(H,19,20). The fourth-order valence-corrected chi connectivity index (χ4v) is 2.28. The van der Waals surface area contributed by atoms with Gasteiger partial charge in [-0.25, -0.2) is 4.79 Å². The molecule has 0 aliphatic carbocycles. The number of aromatic nitrogens is 1. The van der Waals surface area contributed by atoms with Gasteiger partial charge in [-0.05, 0) is 11.6 Å². The highest BCUT2D eigenvalue weighted by Crippen LogP contribution is 2.25. The summed E-state index contributed by atoms with van der Waals surface area (Å²) in [6.07, 6.45) is 0.801. The van der Waals surface area contributed by atoms with Crippen molar-refractivity contribution in [3.8, 4) is 0 Å². The molecule has 21 heavy (non-hydrogen) atoms. The molecule has 2 aromatic rings. The number of aliphatic carboxylic acids is 2. The number of nitrogens with two attached hydrogens (primary N) is 1. The van der Waals surface area contributed by atoms with E-state index in [4.69, 9.17) is 10.8 Å². The molecule has 112 valence electrons. The first-order valence-electron chi connectivity index (χ1n) is 6.32. The lowest BCUT2D eigenvalue weighted by Crippen LogP contribution is -2.48. The Bertz CT molecular complexity index is 681. The summed E-state index contributed by atoms with van der Waals surface area (Å²) in [6, 6.07) is 5.79. The molecular formula is C14H16N2O5. The number of H-pyrrole nitrogens is 1. The predicted octanol–water partition coefficient (Wildman–Crippen LogP) is 0.328. The number of aromatic amines is 1. The molecule has 7 heteroatoms. The minimum Gasteiger partial charge on any atom is -0.480 e. The van der Waals surface area contributed by atoms with Crippen molar-refractivity contribution in [2.24, 2.45) is 5.73 Å². The summed E-state index contributed by atoms with van der Waals surface area (Å²) >= 11 is 0. The van der Waals surface area contributed by atoms with Gasteiger partial charge >= 0.3 is 11.9 Å². The van der Waals surface area contributed by atoms with E-state index in [9.17, 15) is 19.8 Å². The SMILES string of the molecule is NC(CC(O)(Cc1c[nH]c2ccccc12)C(=O)O)C(=O)O. The maximum Gasteiger partial charge on any atom is 0.336 e. The number of carbonyl (C=O) groups is 2. The van der Waals surface area contributed by atoms with Crippen molar-refractivity contribution in [1.29, 1.82) is 0 Å². The summed E-state index contributed by atoms with van der Waals surface area (Å²) in [5.41, 5.74) is 4.52. The number of aliphatic hydroxyl groups is 1. The van der Waals surface area contributed by atoms with Gasteiger partial charge in [0.25, 0.3) is 0 Å². The van der Waals surface area contributed by atoms with Crippen LogP contribution in [0.3, 0.4) is 0 Å². The predicted molar refractivity (Wildman–Crippen MR) is 74.8 cm³/mol. The normalized spacial score (nSPS) is 15.5. The van der Waals surface area contributed by atoms with Crippen LogP contribution in [0.1, 0.15) is 12.0 Å². The highest BCUT2D eigenvalue weighted by atomic mass is 16.4. The van der Waals surface area contributed by atoms with Crippen molar-refractivity contribution in [2.75, 3.05) is 0 Å². The number of rotatable bonds is 6. The Hall–Kier alpha value is -2.38. The maximum atomic E-state index is 11.3. The van der Waals surface area contributed by atoms with E-state index in [2.05, 4.69) is 4.98 Å². The molecule has 0 spiro atoms. The van der Waals surface area contributed by atoms with Crippen molar-refractivity contribution < 1.29 is 24.9 Å². The third-order valence-electron chi connectivity index (χ3n) is 3.43. The highest BCUT2D eigenvalue weighted by Gasteiger charge is 2.40. The molecule has 0 amide bonds. The summed E-state index contributed by atoms with van der Waals surface area (Å²) in [7, 11) is 0. The molecule has 0 aliphatic heterocycles. The van der Waals surface area contributed by atoms with Gasteiger partial charge in [0.15, 0.2) is 5.60 Å². The zero-order chi connectivity index (χ0) is 15.6. The highest BCUT2D eigenvalue weighted by molar-refractivity contribution is 5.85. The van der Waals surface area contributed by atoms with Crippen LogP contribution in [-0.2, 0) is 16.0 Å². The zero-order valence-electron chi connectivity index (χ0n) is 11.1. The lowest BCUT2D eigenvalue weighted by atomic mass is 9.88. The Balaban J connectivity index is 2.31. The maximum absolute atomic E-state index is 11.3. The first-order valence-corrected chi connectivity index (χ1v) is 6.32. The van der Waals surface area contributed by atoms with Gasteiger partial charge in [0, 0.05) is 29.9 Å². The summed E-state index contributed by atoms with van der Waals surface area (Å²) in [4.78, 5) is 25.1. The van der Waals surface area contributed by atoms with Crippen LogP contribution in [0.25, 0.3) is 10.9 Å². The van der Waals surface area contributed by atoms with Crippen LogP contribution < -0.4 is 5.73 Å². The zero-order valence-corrected chi connectivity index (χ0v) is 11.1. The molecule has 6 N–H and O–H groups in total. The second kappa shape index (κ2) is 5.55. The number of para-hydroxylation sites is 1. The number of carboxylic acid groups (broad SMARTS) is 2. The van der Waals surface area contributed by atoms with Crippen LogP contribution in [0.5, 0.6) is 0 Å². The van der Waals surface area contributed by atoms with E-state index >= 15 is 0 Å². The van der Waals surface area contributed by atoms with Crippen molar-refractivity contribution >= 4 is 22.8 Å². The van der Waals surface area contributed by atoms with Gasteiger partial charge in [-0.15, -0.1) is 0 Å². The third-order valence-corrected chi connectivity index (χ3v) is 3.43. The Morgan fingerprint density at radius 2 is 1.95 bits per heavy atom. The van der Waals surface area contributed by atoms with Gasteiger partial charge in [-0.1, -0.05) is 18.2 Å². The van der Waals surface area contributed by atoms with Crippen LogP contribution in [0.2, 0.25) is 0 Å². The second-order valence-corrected chi connectivity index (χ2v) is 5.02. The van der Waals surface area contributed by atoms with Crippen molar-refractivity contribution in [3.05, 3.63) is 36.0 Å². The summed E-state index contributed by atoms with van der Waals surface area (Å²) in [6.45, 7) is 0. The molecule has 1 aromatic heterocycles. The number of fused-ring (bicyclic) bond motifs is 1. The summed E-state index contributed by atoms with van der Waals surface area (Å²) in [5.74, 6) is -2.85. The first kappa shape index (κ1) is 15.0. The Morgan fingerprint density at radius 3 is 2.57 bits per heavy atom. The van der Waals surface area contributed by atoms with E-state index in [1.54, 1.807) is 18.3 Å². The molecule has 0 saturated heterocycles. The molecule has 1 heterocycles. The van der Waals surface area contributed by atoms with E-state index in [0.717, 1.165) is 10.9 Å². The summed E-state index contributed by atoms with van der Waals surface area (Å²) in [5, 5.41) is 29.1. The Labute approximate surface area is 120 Å². The molecule has 0 fully saturated rings. The minimum atomic E-state index is -2.23. The molecular weight excluding hydrogens is 276 g/mol. The fraction of sp³-hybridized carbons (Fsp3) is 0.286. The van der Waals surface area contributed by atoms with Gasteiger partial charge in [0.05, 0.1) is 0 Å². The van der Waals surface area contributed by atoms with E-state index in [-0.39, 0.29) is 6.42 Å². The molecule has 0 aliphatic rings. The first-order chi connectivity index (χ1) is 9.83. The van der Waals surface area contributed by atoms with Gasteiger partial charge in [0.1, 0.15) is 6.04 Å². The van der Waals surface area contributed by atoms with E-state index < -0.39 is 30.0 Å². The number of hydrogen-bond donors (Lipinski definition) is 5. The molecule has 1 aromatic carbocycles. The van der Waals surface area contributed by atoms with Crippen molar-refractivity contribution in [2.45, 2.75) is 24.5 Å². The number of nitrogens with one attached hydrogen (secondary N) is 1. The van der Waals surface area contributed by atoms with Crippen LogP contribution in [0.4, 0.5) is 0 Å². The topological polar surface area (TPSA) is 137 Å². The van der Waals surface area contributed by atoms with Crippen LogP contribution in [0, 0.1) is 0 Å². The van der Waals surface area contributed by atoms with Crippen molar-refractivity contribution in [3.63, 3.8) is 0 Å². The van der Waals surface area contributed by atoms with Gasteiger partial charge in [0.2, 0.25) is 0 Å². The smallest absolute Gasteiger partial charge is 0.336 e. The van der Waals surface area contributed by atoms with E-state index in [1.807, 2.05) is 12.1 Å². The third kappa shape index (κ3) is 3.04. The van der Waals surface area contributed by atoms with Gasteiger partial charge in [-0.3, -0.25) is 4.79 Å². The molecule has 0 bridgehead atoms. The number of carboxylic acids is 2. The quantitative estimate of drug-likeness (QED) is 0.520. The van der Waals surface area contributed by atoms with Crippen LogP contribution in [0.15, 0.2) is 30.5 Å². The largest absolute Gasteiger partial charge is 0.480 e. The number of benzene rings is 1. The lowest BCUT2D eigenvalue weighted by molar-refractivity contribution is -0.160. The Morgan fingerprint density at radius 1 is 1.29 bits per heavy atom. The minimum absolute atomic E-state index is 0.229. The molecule has 2 atom stereocenters. The van der Waals surface area contributed by atoms with E-state index in [1.165, 1.54) is 0 Å². The monoisotopic (exact) mass is 292 g/mol. The average Bonchev–Trinajstić information content (AvgIpc) is 2.81. The Kier molecular flexibility index (Phi) is 3.97. The average molecular weight is 292 g/mol. The van der Waals surface area contributed by atoms with Crippen LogP contribution >= 0.6 is 0 Å². The van der Waals surface area contributed by atoms with Gasteiger partial charge in [-0.2, -0.15) is 0 Å². The number of hydrogen-bond acceptors (Lipinski definition) is 4. The molecule has 7 nitrogen and oxygen atoms in total.